The zero-order chi connectivity index (χ0) is 13.9. The van der Waals surface area contributed by atoms with E-state index in [9.17, 15) is 13.2 Å². The summed E-state index contributed by atoms with van der Waals surface area (Å²) in [6.07, 6.45) is -1.88. The Kier molecular flexibility index (Phi) is 3.94. The normalized spacial score (nSPS) is 11.5. The molecular weight excluding hydrogens is 275 g/mol. The highest BCUT2D eigenvalue weighted by Crippen LogP contribution is 2.30. The molecule has 0 saturated carbocycles. The smallest absolute Gasteiger partial charge is 0.384 e. The van der Waals surface area contributed by atoms with Gasteiger partial charge < -0.3 is 5.73 Å². The van der Waals surface area contributed by atoms with E-state index >= 15 is 0 Å². The highest BCUT2D eigenvalue weighted by molar-refractivity contribution is 7.98. The molecular formula is C12H10F3N3S. The van der Waals surface area contributed by atoms with Gasteiger partial charge in [0.05, 0.1) is 10.6 Å². The molecule has 0 saturated heterocycles. The maximum absolute atomic E-state index is 12.3. The standard InChI is InChI=1S/C12H10F3N3S/c13-12(14,15)9-2-4-11(18-6-9)19-7-8-1-3-10(16)17-5-8/h1-6H,7H2,(H2,16,17). The van der Waals surface area contributed by atoms with E-state index in [1.54, 1.807) is 12.3 Å². The van der Waals surface area contributed by atoms with Crippen LogP contribution in [0.2, 0.25) is 0 Å². The predicted octanol–water partition coefficient (Wildman–Crippen LogP) is 3.37. The van der Waals surface area contributed by atoms with Crippen LogP contribution >= 0.6 is 11.8 Å². The second-order valence-electron chi connectivity index (χ2n) is 3.76. The second-order valence-corrected chi connectivity index (χ2v) is 4.76. The second kappa shape index (κ2) is 5.48. The molecule has 2 N–H and O–H groups in total. The predicted molar refractivity (Wildman–Crippen MR) is 67.4 cm³/mol. The van der Waals surface area contributed by atoms with Crippen LogP contribution in [0.1, 0.15) is 11.1 Å². The number of nitrogens with two attached hydrogens (primary N) is 1. The van der Waals surface area contributed by atoms with E-state index in [0.29, 0.717) is 16.6 Å². The third-order valence-electron chi connectivity index (χ3n) is 2.30. The van der Waals surface area contributed by atoms with Gasteiger partial charge >= 0.3 is 6.18 Å². The Bertz CT molecular complexity index is 538. The molecule has 0 amide bonds. The quantitative estimate of drug-likeness (QED) is 0.878. The molecule has 0 aliphatic rings. The topological polar surface area (TPSA) is 51.8 Å². The van der Waals surface area contributed by atoms with Crippen LogP contribution in [0, 0.1) is 0 Å². The number of aromatic nitrogens is 2. The van der Waals surface area contributed by atoms with Crippen molar-refractivity contribution >= 4 is 17.6 Å². The Morgan fingerprint density at radius 1 is 1.05 bits per heavy atom. The zero-order valence-electron chi connectivity index (χ0n) is 9.69. The summed E-state index contributed by atoms with van der Waals surface area (Å²) in [5.41, 5.74) is 5.64. The van der Waals surface area contributed by atoms with Gasteiger partial charge in [0.2, 0.25) is 0 Å². The minimum Gasteiger partial charge on any atom is -0.384 e. The number of hydrogen-bond donors (Lipinski definition) is 1. The number of halogens is 3. The summed E-state index contributed by atoms with van der Waals surface area (Å²) in [7, 11) is 0. The summed E-state index contributed by atoms with van der Waals surface area (Å²) in [5.74, 6) is 1.01. The van der Waals surface area contributed by atoms with E-state index in [2.05, 4.69) is 9.97 Å². The van der Waals surface area contributed by atoms with Gasteiger partial charge in [-0.2, -0.15) is 13.2 Å². The lowest BCUT2D eigenvalue weighted by molar-refractivity contribution is -0.137. The highest BCUT2D eigenvalue weighted by Gasteiger charge is 2.30. The number of alkyl halides is 3. The van der Waals surface area contributed by atoms with E-state index in [0.717, 1.165) is 17.8 Å². The van der Waals surface area contributed by atoms with Gasteiger partial charge in [-0.3, -0.25) is 0 Å². The molecule has 0 fully saturated rings. The lowest BCUT2D eigenvalue weighted by Gasteiger charge is -2.06. The maximum atomic E-state index is 12.3. The number of anilines is 1. The van der Waals surface area contributed by atoms with Crippen molar-refractivity contribution in [2.75, 3.05) is 5.73 Å². The largest absolute Gasteiger partial charge is 0.417 e. The van der Waals surface area contributed by atoms with Gasteiger partial charge in [-0.05, 0) is 23.8 Å². The molecule has 0 unspecified atom stereocenters. The van der Waals surface area contributed by atoms with Crippen LogP contribution in [-0.2, 0) is 11.9 Å². The minimum atomic E-state index is -4.35. The van der Waals surface area contributed by atoms with Crippen molar-refractivity contribution in [3.63, 3.8) is 0 Å². The summed E-state index contributed by atoms with van der Waals surface area (Å²) >= 11 is 1.34. The lowest BCUT2D eigenvalue weighted by Crippen LogP contribution is -2.05. The fourth-order valence-electron chi connectivity index (χ4n) is 1.31. The molecule has 0 radical (unpaired) electrons. The fourth-order valence-corrected chi connectivity index (χ4v) is 2.09. The zero-order valence-corrected chi connectivity index (χ0v) is 10.5. The van der Waals surface area contributed by atoms with Crippen molar-refractivity contribution in [3.8, 4) is 0 Å². The number of nitrogens with zero attached hydrogens (tertiary/aromatic N) is 2. The molecule has 2 aromatic rings. The van der Waals surface area contributed by atoms with Crippen molar-refractivity contribution in [1.82, 2.24) is 9.97 Å². The van der Waals surface area contributed by atoms with E-state index < -0.39 is 11.7 Å². The van der Waals surface area contributed by atoms with Gasteiger partial charge in [-0.15, -0.1) is 11.8 Å². The first-order valence-electron chi connectivity index (χ1n) is 5.31. The molecule has 7 heteroatoms. The lowest BCUT2D eigenvalue weighted by atomic mass is 10.3. The first kappa shape index (κ1) is 13.7. The first-order valence-corrected chi connectivity index (χ1v) is 6.30. The number of thioether (sulfide) groups is 1. The Balaban J connectivity index is 1.98. The van der Waals surface area contributed by atoms with E-state index in [4.69, 9.17) is 5.73 Å². The Labute approximate surface area is 112 Å². The molecule has 2 aromatic heterocycles. The molecule has 2 heterocycles. The SMILES string of the molecule is Nc1ccc(CSc2ccc(C(F)(F)F)cn2)cn1. The molecule has 100 valence electrons. The van der Waals surface area contributed by atoms with Gasteiger partial charge in [0.25, 0.3) is 0 Å². The van der Waals surface area contributed by atoms with Crippen LogP contribution in [-0.4, -0.2) is 9.97 Å². The summed E-state index contributed by atoms with van der Waals surface area (Å²) in [4.78, 5) is 7.71. The van der Waals surface area contributed by atoms with Crippen LogP contribution in [0.25, 0.3) is 0 Å². The molecule has 3 nitrogen and oxygen atoms in total. The fraction of sp³-hybridized carbons (Fsp3) is 0.167. The van der Waals surface area contributed by atoms with Gasteiger partial charge in [0.1, 0.15) is 5.82 Å². The van der Waals surface area contributed by atoms with Gasteiger partial charge in [0.15, 0.2) is 0 Å². The van der Waals surface area contributed by atoms with Gasteiger partial charge in [-0.1, -0.05) is 6.07 Å². The average molecular weight is 285 g/mol. The third-order valence-corrected chi connectivity index (χ3v) is 3.31. The van der Waals surface area contributed by atoms with Crippen LogP contribution < -0.4 is 5.73 Å². The van der Waals surface area contributed by atoms with Crippen LogP contribution in [0.15, 0.2) is 41.7 Å². The molecule has 0 aliphatic carbocycles. The number of nitrogen functional groups attached to an aromatic ring is 1. The van der Waals surface area contributed by atoms with E-state index in [1.165, 1.54) is 17.8 Å². The minimum absolute atomic E-state index is 0.432. The van der Waals surface area contributed by atoms with Crippen molar-refractivity contribution < 1.29 is 13.2 Å². The summed E-state index contributed by atoms with van der Waals surface area (Å²) in [5, 5.41) is 0.532. The number of hydrogen-bond acceptors (Lipinski definition) is 4. The average Bonchev–Trinajstić information content (AvgIpc) is 2.37. The van der Waals surface area contributed by atoms with Crippen molar-refractivity contribution in [1.29, 1.82) is 0 Å². The monoisotopic (exact) mass is 285 g/mol. The molecule has 19 heavy (non-hydrogen) atoms. The van der Waals surface area contributed by atoms with E-state index in [1.807, 2.05) is 6.07 Å². The van der Waals surface area contributed by atoms with Crippen LogP contribution in [0.3, 0.4) is 0 Å². The molecule has 2 rings (SSSR count). The Morgan fingerprint density at radius 3 is 2.37 bits per heavy atom. The Hall–Kier alpha value is -1.76. The summed E-state index contributed by atoms with van der Waals surface area (Å²) < 4.78 is 37.0. The first-order chi connectivity index (χ1) is 8.95. The summed E-state index contributed by atoms with van der Waals surface area (Å²) in [6, 6.07) is 5.88. The van der Waals surface area contributed by atoms with Crippen molar-refractivity contribution in [2.45, 2.75) is 17.0 Å². The van der Waals surface area contributed by atoms with Gasteiger partial charge in [0, 0.05) is 18.1 Å². The van der Waals surface area contributed by atoms with Crippen LogP contribution in [0.5, 0.6) is 0 Å². The highest BCUT2D eigenvalue weighted by atomic mass is 32.2. The van der Waals surface area contributed by atoms with Gasteiger partial charge in [-0.25, -0.2) is 9.97 Å². The molecule has 0 aromatic carbocycles. The van der Waals surface area contributed by atoms with Crippen molar-refractivity contribution in [2.24, 2.45) is 0 Å². The molecule has 0 aliphatic heterocycles. The third kappa shape index (κ3) is 3.85. The van der Waals surface area contributed by atoms with E-state index in [-0.39, 0.29) is 0 Å². The Morgan fingerprint density at radius 2 is 1.84 bits per heavy atom. The van der Waals surface area contributed by atoms with Crippen molar-refractivity contribution in [3.05, 3.63) is 47.8 Å². The number of pyridine rings is 2. The summed E-state index contributed by atoms with van der Waals surface area (Å²) in [6.45, 7) is 0. The van der Waals surface area contributed by atoms with Crippen LogP contribution in [0.4, 0.5) is 19.0 Å². The molecule has 0 bridgehead atoms. The molecule has 0 spiro atoms. The maximum Gasteiger partial charge on any atom is 0.417 e. The number of rotatable bonds is 3. The molecule has 0 atom stereocenters.